The number of carbonyl (C=O) groups is 1. The third-order valence-electron chi connectivity index (χ3n) is 3.37. The normalized spacial score (nSPS) is 10.6. The maximum Gasteiger partial charge on any atom is 0.323 e. The number of amides is 2. The molecule has 0 spiro atoms. The molecule has 21 heavy (non-hydrogen) atoms. The van der Waals surface area contributed by atoms with Gasteiger partial charge in [-0.15, -0.1) is 0 Å². The predicted octanol–water partition coefficient (Wildman–Crippen LogP) is 3.53. The van der Waals surface area contributed by atoms with Crippen molar-refractivity contribution in [3.8, 4) is 0 Å². The minimum absolute atomic E-state index is 0.284. The molecule has 2 N–H and O–H groups in total. The summed E-state index contributed by atoms with van der Waals surface area (Å²) in [6.45, 7) is 2.07. The molecule has 0 aliphatic heterocycles. The van der Waals surface area contributed by atoms with Gasteiger partial charge in [0, 0.05) is 30.5 Å². The number of hydrogen-bond donors (Lipinski definition) is 2. The van der Waals surface area contributed by atoms with Gasteiger partial charge < -0.3 is 15.2 Å². The number of carbonyl (C=O) groups excluding carboxylic acids is 1. The lowest BCUT2D eigenvalue weighted by Crippen LogP contribution is -2.19. The molecular formula is C16H16N4O. The number of pyridine rings is 1. The first-order valence-corrected chi connectivity index (χ1v) is 6.67. The van der Waals surface area contributed by atoms with Gasteiger partial charge in [0.15, 0.2) is 0 Å². The second-order valence-corrected chi connectivity index (χ2v) is 4.98. The molecule has 106 valence electrons. The molecule has 2 heterocycles. The minimum atomic E-state index is -0.284. The van der Waals surface area contributed by atoms with Crippen LogP contribution in [0.15, 0.2) is 48.9 Å². The Kier molecular flexibility index (Phi) is 3.31. The number of aromatic nitrogens is 2. The van der Waals surface area contributed by atoms with Gasteiger partial charge in [-0.05, 0) is 36.8 Å². The highest BCUT2D eigenvalue weighted by Crippen LogP contribution is 2.23. The van der Waals surface area contributed by atoms with Crippen LogP contribution in [0, 0.1) is 6.92 Å². The van der Waals surface area contributed by atoms with Crippen LogP contribution in [-0.2, 0) is 7.05 Å². The highest BCUT2D eigenvalue weighted by Gasteiger charge is 2.06. The fourth-order valence-electron chi connectivity index (χ4n) is 2.39. The average molecular weight is 280 g/mol. The van der Waals surface area contributed by atoms with Gasteiger partial charge in [-0.2, -0.15) is 0 Å². The summed E-state index contributed by atoms with van der Waals surface area (Å²) in [6, 6.07) is 9.16. The second-order valence-electron chi connectivity index (χ2n) is 4.98. The number of fused-ring (bicyclic) bond motifs is 1. The molecule has 1 aromatic carbocycles. The van der Waals surface area contributed by atoms with Crippen LogP contribution in [0.3, 0.4) is 0 Å². The molecule has 2 aromatic heterocycles. The van der Waals surface area contributed by atoms with Crippen molar-refractivity contribution in [1.82, 2.24) is 9.55 Å². The Morgan fingerprint density at radius 2 is 2.00 bits per heavy atom. The third kappa shape index (κ3) is 2.72. The summed E-state index contributed by atoms with van der Waals surface area (Å²) in [7, 11) is 1.99. The first-order valence-electron chi connectivity index (χ1n) is 6.67. The second kappa shape index (κ2) is 5.28. The summed E-state index contributed by atoms with van der Waals surface area (Å²) in [5, 5.41) is 6.76. The number of hydrogen-bond acceptors (Lipinski definition) is 2. The van der Waals surface area contributed by atoms with Crippen molar-refractivity contribution in [3.05, 3.63) is 54.5 Å². The lowest BCUT2D eigenvalue weighted by molar-refractivity contribution is 0.262. The summed E-state index contributed by atoms with van der Waals surface area (Å²) in [5.74, 6) is 0. The van der Waals surface area contributed by atoms with E-state index in [9.17, 15) is 4.79 Å². The minimum Gasteiger partial charge on any atom is -0.350 e. The molecule has 3 aromatic rings. The van der Waals surface area contributed by atoms with E-state index in [1.54, 1.807) is 24.5 Å². The molecule has 0 aliphatic rings. The standard InChI is InChI=1S/C16H16N4O/c1-11-10-20(2)15-8-12(5-6-14(11)15)18-16(21)19-13-4-3-7-17-9-13/h3-10H,1-2H3,(H2,18,19,21). The van der Waals surface area contributed by atoms with E-state index in [1.807, 2.05) is 25.2 Å². The van der Waals surface area contributed by atoms with E-state index in [1.165, 1.54) is 10.9 Å². The highest BCUT2D eigenvalue weighted by molar-refractivity contribution is 6.01. The van der Waals surface area contributed by atoms with Crippen LogP contribution in [-0.4, -0.2) is 15.6 Å². The molecule has 0 atom stereocenters. The molecule has 3 rings (SSSR count). The van der Waals surface area contributed by atoms with Gasteiger partial charge >= 0.3 is 6.03 Å². The van der Waals surface area contributed by atoms with Crippen molar-refractivity contribution >= 4 is 28.3 Å². The monoisotopic (exact) mass is 280 g/mol. The Hall–Kier alpha value is -2.82. The quantitative estimate of drug-likeness (QED) is 0.754. The third-order valence-corrected chi connectivity index (χ3v) is 3.37. The van der Waals surface area contributed by atoms with Crippen molar-refractivity contribution < 1.29 is 4.79 Å². The van der Waals surface area contributed by atoms with E-state index in [-0.39, 0.29) is 6.03 Å². The van der Waals surface area contributed by atoms with Crippen LogP contribution in [0.5, 0.6) is 0 Å². The van der Waals surface area contributed by atoms with Crippen LogP contribution in [0.4, 0.5) is 16.2 Å². The maximum atomic E-state index is 12.0. The van der Waals surface area contributed by atoms with E-state index in [2.05, 4.69) is 33.3 Å². The van der Waals surface area contributed by atoms with Crippen LogP contribution in [0.1, 0.15) is 5.56 Å². The topological polar surface area (TPSA) is 59.0 Å². The average Bonchev–Trinajstić information content (AvgIpc) is 2.74. The predicted molar refractivity (Wildman–Crippen MR) is 84.5 cm³/mol. The smallest absolute Gasteiger partial charge is 0.323 e. The van der Waals surface area contributed by atoms with Crippen molar-refractivity contribution in [3.63, 3.8) is 0 Å². The van der Waals surface area contributed by atoms with E-state index < -0.39 is 0 Å². The number of nitrogens with zero attached hydrogens (tertiary/aromatic N) is 2. The highest BCUT2D eigenvalue weighted by atomic mass is 16.2. The van der Waals surface area contributed by atoms with Crippen molar-refractivity contribution in [2.75, 3.05) is 10.6 Å². The summed E-state index contributed by atoms with van der Waals surface area (Å²) in [5.41, 5.74) is 3.72. The molecule has 0 saturated carbocycles. The van der Waals surface area contributed by atoms with E-state index in [4.69, 9.17) is 0 Å². The molecule has 0 aliphatic carbocycles. The van der Waals surface area contributed by atoms with Crippen LogP contribution < -0.4 is 10.6 Å². The number of aryl methyl sites for hydroxylation is 2. The van der Waals surface area contributed by atoms with E-state index >= 15 is 0 Å². The van der Waals surface area contributed by atoms with Gasteiger partial charge in [0.1, 0.15) is 0 Å². The van der Waals surface area contributed by atoms with Gasteiger partial charge in [-0.25, -0.2) is 4.79 Å². The van der Waals surface area contributed by atoms with Crippen molar-refractivity contribution in [2.24, 2.45) is 7.05 Å². The Labute approximate surface area is 122 Å². The molecule has 5 heteroatoms. The van der Waals surface area contributed by atoms with Gasteiger partial charge in [-0.3, -0.25) is 4.98 Å². The molecule has 0 radical (unpaired) electrons. The largest absolute Gasteiger partial charge is 0.350 e. The Balaban J connectivity index is 1.78. The Bertz CT molecular complexity index is 793. The Morgan fingerprint density at radius 1 is 1.19 bits per heavy atom. The summed E-state index contributed by atoms with van der Waals surface area (Å²) in [4.78, 5) is 15.9. The van der Waals surface area contributed by atoms with Gasteiger partial charge in [0.05, 0.1) is 17.4 Å². The molecule has 0 unspecified atom stereocenters. The van der Waals surface area contributed by atoms with Crippen molar-refractivity contribution in [2.45, 2.75) is 6.92 Å². The van der Waals surface area contributed by atoms with Crippen LogP contribution >= 0.6 is 0 Å². The number of anilines is 2. The molecule has 0 bridgehead atoms. The first kappa shape index (κ1) is 13.2. The number of rotatable bonds is 2. The molecule has 2 amide bonds. The van der Waals surface area contributed by atoms with E-state index in [0.29, 0.717) is 5.69 Å². The molecule has 5 nitrogen and oxygen atoms in total. The zero-order valence-corrected chi connectivity index (χ0v) is 11.9. The lowest BCUT2D eigenvalue weighted by atomic mass is 10.2. The maximum absolute atomic E-state index is 12.0. The fourth-order valence-corrected chi connectivity index (χ4v) is 2.39. The fraction of sp³-hybridized carbons (Fsp3) is 0.125. The van der Waals surface area contributed by atoms with Gasteiger partial charge in [-0.1, -0.05) is 6.07 Å². The summed E-state index contributed by atoms with van der Waals surface area (Å²) in [6.07, 6.45) is 5.34. The van der Waals surface area contributed by atoms with E-state index in [0.717, 1.165) is 11.2 Å². The van der Waals surface area contributed by atoms with Gasteiger partial charge in [0.2, 0.25) is 0 Å². The molecule has 0 fully saturated rings. The number of nitrogens with one attached hydrogen (secondary N) is 2. The summed E-state index contributed by atoms with van der Waals surface area (Å²) >= 11 is 0. The van der Waals surface area contributed by atoms with Crippen LogP contribution in [0.2, 0.25) is 0 Å². The first-order chi connectivity index (χ1) is 10.1. The SMILES string of the molecule is Cc1cn(C)c2cc(NC(=O)Nc3cccnc3)ccc12. The summed E-state index contributed by atoms with van der Waals surface area (Å²) < 4.78 is 2.05. The zero-order valence-electron chi connectivity index (χ0n) is 11.9. The molecular weight excluding hydrogens is 264 g/mol. The van der Waals surface area contributed by atoms with Gasteiger partial charge in [0.25, 0.3) is 0 Å². The molecule has 0 saturated heterocycles. The van der Waals surface area contributed by atoms with Crippen LogP contribution in [0.25, 0.3) is 10.9 Å². The number of benzene rings is 1. The van der Waals surface area contributed by atoms with Crippen molar-refractivity contribution in [1.29, 1.82) is 0 Å². The lowest BCUT2D eigenvalue weighted by Gasteiger charge is -2.08. The Morgan fingerprint density at radius 3 is 2.76 bits per heavy atom. The number of urea groups is 1. The zero-order chi connectivity index (χ0) is 14.8.